The van der Waals surface area contributed by atoms with Crippen LogP contribution in [0, 0.1) is 0 Å². The number of carbonyl (C=O) groups excluding carboxylic acids is 1. The summed E-state index contributed by atoms with van der Waals surface area (Å²) in [6, 6.07) is 4.61. The number of rotatable bonds is 3. The lowest BCUT2D eigenvalue weighted by atomic mass is 10.2. The van der Waals surface area contributed by atoms with Crippen LogP contribution in [0.4, 0.5) is 0 Å². The topological polar surface area (TPSA) is 55.1 Å². The van der Waals surface area contributed by atoms with Crippen LogP contribution < -0.4 is 11.1 Å². The standard InChI is InChI=1S/C10H12Cl2N2O.ClH/c1-6(13)10(15)14-5-7-2-3-8(11)4-9(7)12;/h2-4,6H,5,13H2,1H3,(H,14,15);1H. The van der Waals surface area contributed by atoms with Gasteiger partial charge in [0.2, 0.25) is 5.91 Å². The minimum atomic E-state index is -0.518. The maximum absolute atomic E-state index is 11.2. The number of carbonyl (C=O) groups is 1. The summed E-state index contributed by atoms with van der Waals surface area (Å²) in [5, 5.41) is 3.77. The summed E-state index contributed by atoms with van der Waals surface area (Å²) >= 11 is 11.7. The molecule has 1 aromatic rings. The van der Waals surface area contributed by atoms with Crippen molar-refractivity contribution in [2.24, 2.45) is 5.73 Å². The maximum Gasteiger partial charge on any atom is 0.236 e. The van der Waals surface area contributed by atoms with Crippen molar-refractivity contribution >= 4 is 41.5 Å². The van der Waals surface area contributed by atoms with Gasteiger partial charge in [-0.1, -0.05) is 29.3 Å². The number of hydrogen-bond donors (Lipinski definition) is 2. The Kier molecular flexibility index (Phi) is 6.76. The molecule has 0 bridgehead atoms. The molecule has 0 heterocycles. The van der Waals surface area contributed by atoms with E-state index >= 15 is 0 Å². The molecule has 0 aromatic heterocycles. The average Bonchev–Trinajstić information content (AvgIpc) is 2.15. The molecule has 0 radical (unpaired) electrons. The van der Waals surface area contributed by atoms with Crippen LogP contribution in [0.3, 0.4) is 0 Å². The largest absolute Gasteiger partial charge is 0.351 e. The van der Waals surface area contributed by atoms with Crippen molar-refractivity contribution < 1.29 is 4.79 Å². The molecule has 6 heteroatoms. The molecule has 0 spiro atoms. The first-order valence-electron chi connectivity index (χ1n) is 4.48. The van der Waals surface area contributed by atoms with Gasteiger partial charge in [-0.15, -0.1) is 12.4 Å². The smallest absolute Gasteiger partial charge is 0.236 e. The van der Waals surface area contributed by atoms with Gasteiger partial charge in [0.15, 0.2) is 0 Å². The van der Waals surface area contributed by atoms with E-state index in [1.807, 2.05) is 0 Å². The normalized spacial score (nSPS) is 11.5. The Morgan fingerprint density at radius 1 is 1.50 bits per heavy atom. The molecule has 1 rings (SSSR count). The zero-order valence-electron chi connectivity index (χ0n) is 8.67. The molecule has 3 N–H and O–H groups in total. The highest BCUT2D eigenvalue weighted by molar-refractivity contribution is 6.35. The van der Waals surface area contributed by atoms with Gasteiger partial charge >= 0.3 is 0 Å². The van der Waals surface area contributed by atoms with E-state index in [0.29, 0.717) is 16.6 Å². The quantitative estimate of drug-likeness (QED) is 0.895. The molecule has 1 atom stereocenters. The van der Waals surface area contributed by atoms with Crippen LogP contribution in [0.15, 0.2) is 18.2 Å². The lowest BCUT2D eigenvalue weighted by Gasteiger charge is -2.09. The van der Waals surface area contributed by atoms with Gasteiger partial charge in [-0.3, -0.25) is 4.79 Å². The Balaban J connectivity index is 0.00000225. The van der Waals surface area contributed by atoms with Crippen LogP contribution in [0.1, 0.15) is 12.5 Å². The molecule has 1 unspecified atom stereocenters. The Morgan fingerprint density at radius 2 is 2.12 bits per heavy atom. The summed E-state index contributed by atoms with van der Waals surface area (Å²) in [7, 11) is 0. The maximum atomic E-state index is 11.2. The molecule has 1 amide bonds. The molecule has 16 heavy (non-hydrogen) atoms. The van der Waals surface area contributed by atoms with Crippen LogP contribution in [-0.4, -0.2) is 11.9 Å². The average molecular weight is 284 g/mol. The highest BCUT2D eigenvalue weighted by Crippen LogP contribution is 2.20. The number of amides is 1. The van der Waals surface area contributed by atoms with Gasteiger partial charge in [0.05, 0.1) is 6.04 Å². The molecule has 1 aromatic carbocycles. The second-order valence-corrected chi connectivity index (χ2v) is 4.09. The molecular weight excluding hydrogens is 270 g/mol. The van der Waals surface area contributed by atoms with Crippen molar-refractivity contribution in [2.45, 2.75) is 19.5 Å². The SMILES string of the molecule is CC(N)C(=O)NCc1ccc(Cl)cc1Cl.Cl. The summed E-state index contributed by atoms with van der Waals surface area (Å²) in [6.07, 6.45) is 0. The lowest BCUT2D eigenvalue weighted by molar-refractivity contribution is -0.122. The molecular formula is C10H13Cl3N2O. The zero-order chi connectivity index (χ0) is 11.4. The van der Waals surface area contributed by atoms with Gasteiger partial charge in [-0.2, -0.15) is 0 Å². The van der Waals surface area contributed by atoms with Crippen LogP contribution in [0.5, 0.6) is 0 Å². The van der Waals surface area contributed by atoms with Crippen LogP contribution in [-0.2, 0) is 11.3 Å². The fourth-order valence-corrected chi connectivity index (χ4v) is 1.48. The molecule has 0 aliphatic carbocycles. The monoisotopic (exact) mass is 282 g/mol. The van der Waals surface area contributed by atoms with E-state index < -0.39 is 6.04 Å². The molecule has 0 saturated carbocycles. The Bertz CT molecular complexity index is 369. The van der Waals surface area contributed by atoms with E-state index in [9.17, 15) is 4.79 Å². The first-order chi connectivity index (χ1) is 7.00. The van der Waals surface area contributed by atoms with Crippen molar-refractivity contribution in [3.63, 3.8) is 0 Å². The van der Waals surface area contributed by atoms with E-state index in [1.54, 1.807) is 25.1 Å². The van der Waals surface area contributed by atoms with Crippen LogP contribution in [0.25, 0.3) is 0 Å². The summed E-state index contributed by atoms with van der Waals surface area (Å²) in [5.41, 5.74) is 6.21. The molecule has 0 aliphatic heterocycles. The molecule has 0 aliphatic rings. The van der Waals surface area contributed by atoms with Crippen molar-refractivity contribution in [1.82, 2.24) is 5.32 Å². The van der Waals surface area contributed by atoms with E-state index in [1.165, 1.54) is 0 Å². The van der Waals surface area contributed by atoms with E-state index in [-0.39, 0.29) is 18.3 Å². The first kappa shape index (κ1) is 15.5. The van der Waals surface area contributed by atoms with Gasteiger partial charge < -0.3 is 11.1 Å². The fraction of sp³-hybridized carbons (Fsp3) is 0.300. The summed E-state index contributed by atoms with van der Waals surface area (Å²) in [6.45, 7) is 1.98. The second kappa shape index (κ2) is 6.97. The highest BCUT2D eigenvalue weighted by Gasteiger charge is 2.07. The van der Waals surface area contributed by atoms with E-state index in [0.717, 1.165) is 5.56 Å². The van der Waals surface area contributed by atoms with Crippen LogP contribution in [0.2, 0.25) is 10.0 Å². The van der Waals surface area contributed by atoms with Crippen molar-refractivity contribution in [3.05, 3.63) is 33.8 Å². The van der Waals surface area contributed by atoms with Gasteiger partial charge in [0.25, 0.3) is 0 Å². The van der Waals surface area contributed by atoms with Crippen molar-refractivity contribution in [3.8, 4) is 0 Å². The molecule has 90 valence electrons. The van der Waals surface area contributed by atoms with Gasteiger partial charge in [-0.25, -0.2) is 0 Å². The number of hydrogen-bond acceptors (Lipinski definition) is 2. The van der Waals surface area contributed by atoms with Gasteiger partial charge in [0.1, 0.15) is 0 Å². The zero-order valence-corrected chi connectivity index (χ0v) is 11.0. The van der Waals surface area contributed by atoms with Gasteiger partial charge in [-0.05, 0) is 24.6 Å². The van der Waals surface area contributed by atoms with E-state index in [2.05, 4.69) is 5.32 Å². The Morgan fingerprint density at radius 3 is 2.62 bits per heavy atom. The third-order valence-corrected chi connectivity index (χ3v) is 2.47. The van der Waals surface area contributed by atoms with Gasteiger partial charge in [0, 0.05) is 16.6 Å². The second-order valence-electron chi connectivity index (χ2n) is 3.24. The third kappa shape index (κ3) is 4.58. The van der Waals surface area contributed by atoms with Crippen molar-refractivity contribution in [1.29, 1.82) is 0 Å². The highest BCUT2D eigenvalue weighted by atomic mass is 35.5. The Hall–Kier alpha value is -0.480. The van der Waals surface area contributed by atoms with Crippen molar-refractivity contribution in [2.75, 3.05) is 0 Å². The van der Waals surface area contributed by atoms with Crippen LogP contribution >= 0.6 is 35.6 Å². The number of nitrogens with two attached hydrogens (primary N) is 1. The first-order valence-corrected chi connectivity index (χ1v) is 5.23. The fourth-order valence-electron chi connectivity index (χ4n) is 1.01. The number of halogens is 3. The summed E-state index contributed by atoms with van der Waals surface area (Å²) in [5.74, 6) is -0.207. The molecule has 3 nitrogen and oxygen atoms in total. The predicted octanol–water partition coefficient (Wildman–Crippen LogP) is 2.38. The molecule has 0 fully saturated rings. The van der Waals surface area contributed by atoms with E-state index in [4.69, 9.17) is 28.9 Å². The third-order valence-electron chi connectivity index (χ3n) is 1.88. The minimum Gasteiger partial charge on any atom is -0.351 e. The number of nitrogens with one attached hydrogen (secondary N) is 1. The molecule has 0 saturated heterocycles. The summed E-state index contributed by atoms with van der Waals surface area (Å²) < 4.78 is 0. The predicted molar refractivity (Wildman–Crippen MR) is 69.2 cm³/mol. The lowest BCUT2D eigenvalue weighted by Crippen LogP contribution is -2.37. The number of benzene rings is 1. The minimum absolute atomic E-state index is 0. The summed E-state index contributed by atoms with van der Waals surface area (Å²) in [4.78, 5) is 11.2. The Labute approximate surface area is 111 Å².